The molecule has 0 aromatic heterocycles. The predicted octanol–water partition coefficient (Wildman–Crippen LogP) is 3.67. The van der Waals surface area contributed by atoms with Gasteiger partial charge in [-0.1, -0.05) is 6.07 Å². The van der Waals surface area contributed by atoms with Crippen LogP contribution in [0.25, 0.3) is 0 Å². The Kier molecular flexibility index (Phi) is 4.41. The molecule has 2 nitrogen and oxygen atoms in total. The van der Waals surface area contributed by atoms with Crippen LogP contribution in [0.5, 0.6) is 0 Å². The molecule has 0 radical (unpaired) electrons. The van der Waals surface area contributed by atoms with E-state index < -0.39 is 6.10 Å². The lowest BCUT2D eigenvalue weighted by Crippen LogP contribution is -2.23. The molecular formula is C12H14Br2O2. The number of halogens is 2. The minimum Gasteiger partial charge on any atom is -0.388 e. The molecule has 1 heterocycles. The third-order valence-corrected chi connectivity index (χ3v) is 4.81. The highest BCUT2D eigenvalue weighted by atomic mass is 79.9. The monoisotopic (exact) mass is 348 g/mol. The van der Waals surface area contributed by atoms with Crippen LogP contribution in [-0.4, -0.2) is 18.3 Å². The molecule has 2 rings (SSSR count). The molecule has 16 heavy (non-hydrogen) atoms. The molecule has 0 aliphatic carbocycles. The van der Waals surface area contributed by atoms with Crippen molar-refractivity contribution in [3.8, 4) is 0 Å². The summed E-state index contributed by atoms with van der Waals surface area (Å²) < 4.78 is 7.37. The molecule has 2 atom stereocenters. The number of rotatable bonds is 2. The Bertz CT molecular complexity index is 362. The van der Waals surface area contributed by atoms with Gasteiger partial charge in [0, 0.05) is 21.5 Å². The Morgan fingerprint density at radius 1 is 1.31 bits per heavy atom. The van der Waals surface area contributed by atoms with E-state index >= 15 is 0 Å². The number of ether oxygens (including phenoxy) is 1. The van der Waals surface area contributed by atoms with Gasteiger partial charge in [-0.3, -0.25) is 0 Å². The van der Waals surface area contributed by atoms with Crippen molar-refractivity contribution in [3.63, 3.8) is 0 Å². The van der Waals surface area contributed by atoms with Crippen molar-refractivity contribution in [3.05, 3.63) is 32.7 Å². The van der Waals surface area contributed by atoms with Crippen LogP contribution in [0.4, 0.5) is 0 Å². The number of hydrogen-bond acceptors (Lipinski definition) is 2. The van der Waals surface area contributed by atoms with Crippen molar-refractivity contribution in [1.29, 1.82) is 0 Å². The summed E-state index contributed by atoms with van der Waals surface area (Å²) in [5.74, 6) is 0.224. The van der Waals surface area contributed by atoms with Crippen molar-refractivity contribution < 1.29 is 9.84 Å². The van der Waals surface area contributed by atoms with Crippen LogP contribution in [0, 0.1) is 5.92 Å². The summed E-state index contributed by atoms with van der Waals surface area (Å²) in [6.45, 7) is 1.49. The Morgan fingerprint density at radius 3 is 2.75 bits per heavy atom. The van der Waals surface area contributed by atoms with E-state index in [1.165, 1.54) is 0 Å². The van der Waals surface area contributed by atoms with Gasteiger partial charge >= 0.3 is 0 Å². The lowest BCUT2D eigenvalue weighted by atomic mass is 9.91. The molecule has 1 fully saturated rings. The maximum atomic E-state index is 10.2. The van der Waals surface area contributed by atoms with Crippen LogP contribution in [-0.2, 0) is 4.74 Å². The van der Waals surface area contributed by atoms with Gasteiger partial charge in [0.1, 0.15) is 0 Å². The van der Waals surface area contributed by atoms with E-state index in [1.807, 2.05) is 18.2 Å². The highest BCUT2D eigenvalue weighted by Gasteiger charge is 2.23. The standard InChI is InChI=1S/C12H14Br2O2/c13-10-4-3-8(6-11(10)14)12(15)9-2-1-5-16-7-9/h3-4,6,9,12,15H,1-2,5,7H2. The SMILES string of the molecule is OC(c1ccc(Br)c(Br)c1)C1CCCOC1. The van der Waals surface area contributed by atoms with Crippen molar-refractivity contribution >= 4 is 31.9 Å². The largest absolute Gasteiger partial charge is 0.388 e. The zero-order valence-corrected chi connectivity index (χ0v) is 12.0. The average Bonchev–Trinajstić information content (AvgIpc) is 2.33. The van der Waals surface area contributed by atoms with Gasteiger partial charge in [-0.15, -0.1) is 0 Å². The van der Waals surface area contributed by atoms with E-state index in [1.54, 1.807) is 0 Å². The van der Waals surface area contributed by atoms with Crippen LogP contribution in [0.2, 0.25) is 0 Å². The van der Waals surface area contributed by atoms with Crippen LogP contribution < -0.4 is 0 Å². The molecule has 0 saturated carbocycles. The van der Waals surface area contributed by atoms with Crippen LogP contribution in [0.3, 0.4) is 0 Å². The number of aliphatic hydroxyl groups is 1. The second kappa shape index (κ2) is 5.63. The molecule has 1 saturated heterocycles. The molecule has 88 valence electrons. The molecule has 0 bridgehead atoms. The normalized spacial score (nSPS) is 23.1. The predicted molar refractivity (Wildman–Crippen MR) is 70.3 cm³/mol. The maximum absolute atomic E-state index is 10.2. The van der Waals surface area contributed by atoms with Crippen molar-refractivity contribution in [2.75, 3.05) is 13.2 Å². The third-order valence-electron chi connectivity index (χ3n) is 2.93. The van der Waals surface area contributed by atoms with Gasteiger partial charge in [-0.05, 0) is 62.4 Å². The fourth-order valence-electron chi connectivity index (χ4n) is 1.98. The molecule has 1 N–H and O–H groups in total. The molecule has 1 aliphatic rings. The number of benzene rings is 1. The molecule has 0 amide bonds. The van der Waals surface area contributed by atoms with Gasteiger partial charge in [0.25, 0.3) is 0 Å². The summed E-state index contributed by atoms with van der Waals surface area (Å²) in [5.41, 5.74) is 0.950. The van der Waals surface area contributed by atoms with E-state index in [-0.39, 0.29) is 5.92 Å². The fraction of sp³-hybridized carbons (Fsp3) is 0.500. The summed E-state index contributed by atoms with van der Waals surface area (Å²) in [6, 6.07) is 5.86. The molecule has 1 aromatic rings. The first-order valence-electron chi connectivity index (χ1n) is 5.39. The van der Waals surface area contributed by atoms with Crippen LogP contribution >= 0.6 is 31.9 Å². The zero-order chi connectivity index (χ0) is 11.5. The maximum Gasteiger partial charge on any atom is 0.0840 e. The first-order valence-corrected chi connectivity index (χ1v) is 6.98. The van der Waals surface area contributed by atoms with Crippen molar-refractivity contribution in [2.45, 2.75) is 18.9 Å². The van der Waals surface area contributed by atoms with E-state index in [4.69, 9.17) is 4.74 Å². The van der Waals surface area contributed by atoms with Crippen molar-refractivity contribution in [2.24, 2.45) is 5.92 Å². The van der Waals surface area contributed by atoms with Crippen LogP contribution in [0.15, 0.2) is 27.1 Å². The average molecular weight is 350 g/mol. The quantitative estimate of drug-likeness (QED) is 0.882. The third kappa shape index (κ3) is 2.86. The Labute approximate surface area is 112 Å². The van der Waals surface area contributed by atoms with E-state index in [0.717, 1.165) is 34.0 Å². The minimum atomic E-state index is -0.426. The van der Waals surface area contributed by atoms with Crippen molar-refractivity contribution in [1.82, 2.24) is 0 Å². The van der Waals surface area contributed by atoms with Gasteiger partial charge in [-0.25, -0.2) is 0 Å². The smallest absolute Gasteiger partial charge is 0.0840 e. The highest BCUT2D eigenvalue weighted by Crippen LogP contribution is 2.32. The highest BCUT2D eigenvalue weighted by molar-refractivity contribution is 9.13. The van der Waals surface area contributed by atoms with Crippen LogP contribution in [0.1, 0.15) is 24.5 Å². The molecule has 1 aliphatic heterocycles. The summed E-state index contributed by atoms with van der Waals surface area (Å²) in [6.07, 6.45) is 1.65. The second-order valence-electron chi connectivity index (χ2n) is 4.10. The summed E-state index contributed by atoms with van der Waals surface area (Å²) in [7, 11) is 0. The first kappa shape index (κ1) is 12.6. The number of hydrogen-bond donors (Lipinski definition) is 1. The first-order chi connectivity index (χ1) is 7.68. The second-order valence-corrected chi connectivity index (χ2v) is 5.80. The molecule has 4 heteroatoms. The topological polar surface area (TPSA) is 29.5 Å². The Balaban J connectivity index is 2.12. The van der Waals surface area contributed by atoms with Gasteiger partial charge in [0.05, 0.1) is 12.7 Å². The molecular weight excluding hydrogens is 336 g/mol. The molecule has 0 spiro atoms. The minimum absolute atomic E-state index is 0.224. The van der Waals surface area contributed by atoms with Gasteiger partial charge in [-0.2, -0.15) is 0 Å². The number of aliphatic hydroxyl groups excluding tert-OH is 1. The van der Waals surface area contributed by atoms with Gasteiger partial charge in [0.15, 0.2) is 0 Å². The lowest BCUT2D eigenvalue weighted by Gasteiger charge is -2.27. The fourth-order valence-corrected chi connectivity index (χ4v) is 2.63. The zero-order valence-electron chi connectivity index (χ0n) is 8.83. The summed E-state index contributed by atoms with van der Waals surface area (Å²) >= 11 is 6.87. The van der Waals surface area contributed by atoms with E-state index in [0.29, 0.717) is 6.61 Å². The van der Waals surface area contributed by atoms with Gasteiger partial charge < -0.3 is 9.84 Å². The molecule has 1 aromatic carbocycles. The van der Waals surface area contributed by atoms with E-state index in [2.05, 4.69) is 31.9 Å². The van der Waals surface area contributed by atoms with E-state index in [9.17, 15) is 5.11 Å². The summed E-state index contributed by atoms with van der Waals surface area (Å²) in [5, 5.41) is 10.2. The Morgan fingerprint density at radius 2 is 2.12 bits per heavy atom. The van der Waals surface area contributed by atoms with Gasteiger partial charge in [0.2, 0.25) is 0 Å². The summed E-state index contributed by atoms with van der Waals surface area (Å²) in [4.78, 5) is 0. The Hall–Kier alpha value is 0.1000. The molecule has 2 unspecified atom stereocenters. The lowest BCUT2D eigenvalue weighted by molar-refractivity contribution is -0.00998.